The molecule has 22 heavy (non-hydrogen) atoms. The molecule has 7 heteroatoms. The largest absolute Gasteiger partial charge is 0.486 e. The Bertz CT molecular complexity index is 659. The van der Waals surface area contributed by atoms with Crippen molar-refractivity contribution in [1.29, 1.82) is 0 Å². The third kappa shape index (κ3) is 2.63. The van der Waals surface area contributed by atoms with Crippen LogP contribution in [0.5, 0.6) is 5.75 Å². The predicted octanol–water partition coefficient (Wildman–Crippen LogP) is 2.32. The quantitative estimate of drug-likeness (QED) is 0.476. The SMILES string of the molecule is [N-]=[N+]=NCC(=O)N1CCC2(CC1)CC(=O)c1ccccc1O2. The smallest absolute Gasteiger partial charge is 0.228 e. The fraction of sp³-hybridized carbons (Fsp3) is 0.467. The molecule has 1 spiro atoms. The zero-order valence-corrected chi connectivity index (χ0v) is 12.1. The molecule has 1 saturated heterocycles. The Morgan fingerprint density at radius 1 is 1.36 bits per heavy atom. The summed E-state index contributed by atoms with van der Waals surface area (Å²) < 4.78 is 6.10. The molecule has 2 heterocycles. The van der Waals surface area contributed by atoms with E-state index in [2.05, 4.69) is 10.0 Å². The molecule has 1 aromatic rings. The molecule has 0 aromatic heterocycles. The Kier molecular flexibility index (Phi) is 3.73. The van der Waals surface area contributed by atoms with E-state index in [1.807, 2.05) is 18.2 Å². The number of para-hydroxylation sites is 1. The van der Waals surface area contributed by atoms with Crippen molar-refractivity contribution in [2.45, 2.75) is 24.9 Å². The van der Waals surface area contributed by atoms with Gasteiger partial charge in [0, 0.05) is 30.8 Å². The standard InChI is InChI=1S/C15H16N4O3/c16-18-17-10-14(21)19-7-5-15(6-8-19)9-12(20)11-3-1-2-4-13(11)22-15/h1-4H,5-10H2. The summed E-state index contributed by atoms with van der Waals surface area (Å²) in [5.41, 5.74) is 8.39. The number of fused-ring (bicyclic) bond motifs is 1. The van der Waals surface area contributed by atoms with Gasteiger partial charge < -0.3 is 9.64 Å². The number of nitrogens with zero attached hydrogens (tertiary/aromatic N) is 4. The van der Waals surface area contributed by atoms with Gasteiger partial charge in [0.2, 0.25) is 5.91 Å². The molecule has 1 amide bonds. The van der Waals surface area contributed by atoms with Gasteiger partial charge in [-0.05, 0) is 17.7 Å². The van der Waals surface area contributed by atoms with E-state index in [-0.39, 0.29) is 18.2 Å². The number of carbonyl (C=O) groups is 2. The van der Waals surface area contributed by atoms with Crippen LogP contribution < -0.4 is 4.74 Å². The van der Waals surface area contributed by atoms with Gasteiger partial charge in [-0.25, -0.2) is 0 Å². The summed E-state index contributed by atoms with van der Waals surface area (Å²) in [5.74, 6) is 0.540. The fourth-order valence-electron chi connectivity index (χ4n) is 3.08. The summed E-state index contributed by atoms with van der Waals surface area (Å²) in [6.07, 6.45) is 1.56. The van der Waals surface area contributed by atoms with E-state index in [0.29, 0.717) is 43.7 Å². The number of rotatable bonds is 2. The second kappa shape index (κ2) is 5.69. The van der Waals surface area contributed by atoms with Gasteiger partial charge in [-0.15, -0.1) is 0 Å². The molecule has 0 saturated carbocycles. The molecule has 0 bridgehead atoms. The highest BCUT2D eigenvalue weighted by molar-refractivity contribution is 6.00. The minimum absolute atomic E-state index is 0.0932. The van der Waals surface area contributed by atoms with Crippen LogP contribution in [0, 0.1) is 0 Å². The zero-order valence-electron chi connectivity index (χ0n) is 12.1. The van der Waals surface area contributed by atoms with Crippen molar-refractivity contribution in [1.82, 2.24) is 4.90 Å². The normalized spacial score (nSPS) is 19.1. The molecule has 1 fully saturated rings. The number of benzene rings is 1. The van der Waals surface area contributed by atoms with Crippen molar-refractivity contribution in [2.24, 2.45) is 5.11 Å². The predicted molar refractivity (Wildman–Crippen MR) is 78.6 cm³/mol. The maximum Gasteiger partial charge on any atom is 0.228 e. The van der Waals surface area contributed by atoms with Crippen molar-refractivity contribution >= 4 is 11.7 Å². The number of ketones is 1. The molecule has 0 atom stereocenters. The van der Waals surface area contributed by atoms with Gasteiger partial charge in [0.1, 0.15) is 17.9 Å². The third-order valence-electron chi connectivity index (χ3n) is 4.29. The van der Waals surface area contributed by atoms with Crippen LogP contribution in [0.15, 0.2) is 29.4 Å². The van der Waals surface area contributed by atoms with Crippen LogP contribution in [0.25, 0.3) is 10.4 Å². The molecule has 114 valence electrons. The van der Waals surface area contributed by atoms with E-state index >= 15 is 0 Å². The van der Waals surface area contributed by atoms with Gasteiger partial charge in [-0.3, -0.25) is 9.59 Å². The Balaban J connectivity index is 1.70. The average Bonchev–Trinajstić information content (AvgIpc) is 2.53. The van der Waals surface area contributed by atoms with Crippen LogP contribution in [0.4, 0.5) is 0 Å². The third-order valence-corrected chi connectivity index (χ3v) is 4.29. The van der Waals surface area contributed by atoms with Crippen molar-refractivity contribution in [3.63, 3.8) is 0 Å². The summed E-state index contributed by atoms with van der Waals surface area (Å²) in [4.78, 5) is 28.4. The first-order valence-corrected chi connectivity index (χ1v) is 7.23. The maximum atomic E-state index is 12.3. The van der Waals surface area contributed by atoms with Gasteiger partial charge in [-0.2, -0.15) is 0 Å². The van der Waals surface area contributed by atoms with E-state index in [4.69, 9.17) is 10.3 Å². The van der Waals surface area contributed by atoms with Gasteiger partial charge in [0.25, 0.3) is 0 Å². The Morgan fingerprint density at radius 2 is 2.09 bits per heavy atom. The van der Waals surface area contributed by atoms with Crippen molar-refractivity contribution in [2.75, 3.05) is 19.6 Å². The molecule has 1 aromatic carbocycles. The van der Waals surface area contributed by atoms with E-state index < -0.39 is 5.60 Å². The van der Waals surface area contributed by atoms with Crippen LogP contribution in [-0.2, 0) is 4.79 Å². The minimum Gasteiger partial charge on any atom is -0.486 e. The molecular formula is C15H16N4O3. The number of amides is 1. The molecule has 3 rings (SSSR count). The lowest BCUT2D eigenvalue weighted by atomic mass is 9.82. The molecule has 0 unspecified atom stereocenters. The molecule has 7 nitrogen and oxygen atoms in total. The monoisotopic (exact) mass is 300 g/mol. The van der Waals surface area contributed by atoms with Gasteiger partial charge in [0.05, 0.1) is 12.0 Å². The lowest BCUT2D eigenvalue weighted by Crippen LogP contribution is -2.52. The molecule has 0 N–H and O–H groups in total. The summed E-state index contributed by atoms with van der Waals surface area (Å²) >= 11 is 0. The minimum atomic E-state index is -0.513. The average molecular weight is 300 g/mol. The van der Waals surface area contributed by atoms with E-state index in [1.165, 1.54) is 0 Å². The number of piperidine rings is 1. The zero-order chi connectivity index (χ0) is 15.6. The van der Waals surface area contributed by atoms with Crippen molar-refractivity contribution in [3.8, 4) is 5.75 Å². The van der Waals surface area contributed by atoms with Gasteiger partial charge in [0.15, 0.2) is 5.78 Å². The Hall–Kier alpha value is -2.53. The Labute approximate surface area is 127 Å². The number of hydrogen-bond donors (Lipinski definition) is 0. The number of likely N-dealkylation sites (tertiary alicyclic amines) is 1. The van der Waals surface area contributed by atoms with Crippen LogP contribution in [0.1, 0.15) is 29.6 Å². The molecule has 2 aliphatic rings. The fourth-order valence-corrected chi connectivity index (χ4v) is 3.08. The number of azide groups is 1. The molecular weight excluding hydrogens is 284 g/mol. The summed E-state index contributed by atoms with van der Waals surface area (Å²) in [5, 5.41) is 3.30. The van der Waals surface area contributed by atoms with Gasteiger partial charge >= 0.3 is 0 Å². The first kappa shape index (κ1) is 14.4. The van der Waals surface area contributed by atoms with Crippen LogP contribution in [0.2, 0.25) is 0 Å². The lowest BCUT2D eigenvalue weighted by Gasteiger charge is -2.43. The summed E-state index contributed by atoms with van der Waals surface area (Å²) in [6, 6.07) is 7.27. The second-order valence-corrected chi connectivity index (χ2v) is 5.65. The van der Waals surface area contributed by atoms with Crippen LogP contribution >= 0.6 is 0 Å². The van der Waals surface area contributed by atoms with Gasteiger partial charge in [-0.1, -0.05) is 17.2 Å². The van der Waals surface area contributed by atoms with E-state index in [0.717, 1.165) is 0 Å². The maximum absolute atomic E-state index is 12.3. The highest BCUT2D eigenvalue weighted by Gasteiger charge is 2.43. The van der Waals surface area contributed by atoms with Crippen LogP contribution in [-0.4, -0.2) is 41.8 Å². The number of carbonyl (C=O) groups excluding carboxylic acids is 2. The lowest BCUT2D eigenvalue weighted by molar-refractivity contribution is -0.133. The molecule has 2 aliphatic heterocycles. The second-order valence-electron chi connectivity index (χ2n) is 5.65. The van der Waals surface area contributed by atoms with E-state index in [1.54, 1.807) is 11.0 Å². The van der Waals surface area contributed by atoms with E-state index in [9.17, 15) is 9.59 Å². The first-order valence-electron chi connectivity index (χ1n) is 7.23. The first-order chi connectivity index (χ1) is 10.6. The highest BCUT2D eigenvalue weighted by Crippen LogP contribution is 2.39. The number of Topliss-reactive ketones (excluding diaryl/α,β-unsaturated/α-hetero) is 1. The summed E-state index contributed by atoms with van der Waals surface area (Å²) in [6.45, 7) is 0.858. The van der Waals surface area contributed by atoms with Crippen molar-refractivity contribution < 1.29 is 14.3 Å². The van der Waals surface area contributed by atoms with Crippen LogP contribution in [0.3, 0.4) is 0 Å². The number of hydrogen-bond acceptors (Lipinski definition) is 4. The number of ether oxygens (including phenoxy) is 1. The Morgan fingerprint density at radius 3 is 2.82 bits per heavy atom. The van der Waals surface area contributed by atoms with Crippen molar-refractivity contribution in [3.05, 3.63) is 40.3 Å². The highest BCUT2D eigenvalue weighted by atomic mass is 16.5. The molecule has 0 radical (unpaired) electrons. The summed E-state index contributed by atoms with van der Waals surface area (Å²) in [7, 11) is 0. The molecule has 0 aliphatic carbocycles. The topological polar surface area (TPSA) is 95.4 Å².